The second-order valence-electron chi connectivity index (χ2n) is 5.03. The molecular formula is C14H22N2O3S. The molecule has 0 saturated carbocycles. The van der Waals surface area contributed by atoms with Crippen molar-refractivity contribution in [2.45, 2.75) is 37.3 Å². The van der Waals surface area contributed by atoms with Crippen LogP contribution in [0.25, 0.3) is 0 Å². The van der Waals surface area contributed by atoms with E-state index in [2.05, 4.69) is 5.32 Å². The number of nitrogens with one attached hydrogen (secondary N) is 1. The number of ether oxygens (including phenoxy) is 1. The van der Waals surface area contributed by atoms with E-state index in [-0.39, 0.29) is 12.1 Å². The Morgan fingerprint density at radius 2 is 2.10 bits per heavy atom. The van der Waals surface area contributed by atoms with E-state index in [4.69, 9.17) is 4.74 Å². The van der Waals surface area contributed by atoms with Crippen molar-refractivity contribution in [3.05, 3.63) is 24.3 Å². The smallest absolute Gasteiger partial charge is 0.245 e. The zero-order chi connectivity index (χ0) is 14.8. The highest BCUT2D eigenvalue weighted by Crippen LogP contribution is 2.28. The van der Waals surface area contributed by atoms with Crippen LogP contribution in [-0.4, -0.2) is 45.1 Å². The number of sulfonamides is 1. The largest absolute Gasteiger partial charge is 0.387 e. The average molecular weight is 298 g/mol. The van der Waals surface area contributed by atoms with E-state index >= 15 is 0 Å². The van der Waals surface area contributed by atoms with Crippen LogP contribution in [0.4, 0.5) is 5.69 Å². The number of rotatable bonds is 4. The number of nitrogens with zero attached hydrogens (tertiary/aromatic N) is 1. The Balaban J connectivity index is 2.42. The summed E-state index contributed by atoms with van der Waals surface area (Å²) in [5, 5.41) is 2.95. The molecule has 6 heteroatoms. The summed E-state index contributed by atoms with van der Waals surface area (Å²) in [4.78, 5) is 0.329. The highest BCUT2D eigenvalue weighted by atomic mass is 32.2. The molecule has 2 unspecified atom stereocenters. The maximum atomic E-state index is 12.9. The first-order valence-corrected chi connectivity index (χ1v) is 8.35. The van der Waals surface area contributed by atoms with E-state index in [1.54, 1.807) is 29.6 Å². The van der Waals surface area contributed by atoms with Gasteiger partial charge in [0.05, 0.1) is 18.4 Å². The van der Waals surface area contributed by atoms with Crippen molar-refractivity contribution >= 4 is 15.7 Å². The summed E-state index contributed by atoms with van der Waals surface area (Å²) in [6.45, 7) is 4.74. The molecule has 0 amide bonds. The van der Waals surface area contributed by atoms with Gasteiger partial charge in [-0.1, -0.05) is 19.1 Å². The standard InChI is InChI=1S/C14H22N2O3S/c1-4-12-10-19-11(2)9-16(12)20(17,18)14-8-6-5-7-13(14)15-3/h5-8,11-12,15H,4,9-10H2,1-3H3. The van der Waals surface area contributed by atoms with Crippen LogP contribution in [0.1, 0.15) is 20.3 Å². The molecule has 5 nitrogen and oxygen atoms in total. The van der Waals surface area contributed by atoms with Gasteiger partial charge in [-0.05, 0) is 25.5 Å². The minimum Gasteiger partial charge on any atom is -0.387 e. The SMILES string of the molecule is CCC1COC(C)CN1S(=O)(=O)c1ccccc1NC. The molecule has 1 aliphatic heterocycles. The molecule has 0 spiro atoms. The first-order chi connectivity index (χ1) is 9.50. The van der Waals surface area contributed by atoms with Crippen molar-refractivity contribution in [1.29, 1.82) is 0 Å². The van der Waals surface area contributed by atoms with Crippen LogP contribution in [-0.2, 0) is 14.8 Å². The van der Waals surface area contributed by atoms with E-state index in [1.807, 2.05) is 19.9 Å². The lowest BCUT2D eigenvalue weighted by Crippen LogP contribution is -2.51. The molecule has 0 aliphatic carbocycles. The molecule has 1 heterocycles. The highest BCUT2D eigenvalue weighted by Gasteiger charge is 2.36. The molecule has 1 N–H and O–H groups in total. The fourth-order valence-electron chi connectivity index (χ4n) is 2.45. The summed E-state index contributed by atoms with van der Waals surface area (Å²) in [6.07, 6.45) is 0.669. The Labute approximate surface area is 121 Å². The molecule has 0 aromatic heterocycles. The first kappa shape index (κ1) is 15.3. The fraction of sp³-hybridized carbons (Fsp3) is 0.571. The Morgan fingerprint density at radius 3 is 2.75 bits per heavy atom. The van der Waals surface area contributed by atoms with E-state index in [0.29, 0.717) is 23.7 Å². The summed E-state index contributed by atoms with van der Waals surface area (Å²) in [5.41, 5.74) is 0.626. The number of benzene rings is 1. The maximum Gasteiger partial charge on any atom is 0.245 e. The summed E-state index contributed by atoms with van der Waals surface area (Å²) < 4.78 is 33.0. The number of hydrogen-bond donors (Lipinski definition) is 1. The average Bonchev–Trinajstić information content (AvgIpc) is 2.47. The van der Waals surface area contributed by atoms with Gasteiger partial charge >= 0.3 is 0 Å². The minimum absolute atomic E-state index is 0.0747. The first-order valence-electron chi connectivity index (χ1n) is 6.91. The monoisotopic (exact) mass is 298 g/mol. The zero-order valence-electron chi connectivity index (χ0n) is 12.2. The summed E-state index contributed by atoms with van der Waals surface area (Å²) in [5.74, 6) is 0. The van der Waals surface area contributed by atoms with Crippen molar-refractivity contribution in [3.63, 3.8) is 0 Å². The molecule has 2 atom stereocenters. The molecule has 0 radical (unpaired) electrons. The lowest BCUT2D eigenvalue weighted by atomic mass is 10.2. The van der Waals surface area contributed by atoms with Crippen molar-refractivity contribution in [3.8, 4) is 0 Å². The summed E-state index contributed by atoms with van der Waals surface area (Å²) in [7, 11) is -1.78. The normalized spacial score (nSPS) is 24.6. The Kier molecular flexibility index (Phi) is 4.67. The number of para-hydroxylation sites is 1. The third-order valence-corrected chi connectivity index (χ3v) is 5.61. The quantitative estimate of drug-likeness (QED) is 0.922. The van der Waals surface area contributed by atoms with Crippen molar-refractivity contribution in [2.75, 3.05) is 25.5 Å². The number of anilines is 1. The third kappa shape index (κ3) is 2.82. The van der Waals surface area contributed by atoms with E-state index < -0.39 is 10.0 Å². The van der Waals surface area contributed by atoms with Crippen LogP contribution in [0.3, 0.4) is 0 Å². The van der Waals surface area contributed by atoms with Crippen molar-refractivity contribution < 1.29 is 13.2 Å². The lowest BCUT2D eigenvalue weighted by Gasteiger charge is -2.37. The van der Waals surface area contributed by atoms with Gasteiger partial charge < -0.3 is 10.1 Å². The lowest BCUT2D eigenvalue weighted by molar-refractivity contribution is -0.0230. The predicted molar refractivity (Wildman–Crippen MR) is 79.4 cm³/mol. The van der Waals surface area contributed by atoms with Gasteiger partial charge in [0, 0.05) is 19.6 Å². The Bertz CT molecular complexity index is 559. The van der Waals surface area contributed by atoms with Crippen LogP contribution < -0.4 is 5.32 Å². The molecule has 1 fully saturated rings. The summed E-state index contributed by atoms with van der Waals surface area (Å²) >= 11 is 0. The van der Waals surface area contributed by atoms with Gasteiger partial charge in [0.15, 0.2) is 0 Å². The molecule has 1 aromatic carbocycles. The number of hydrogen-bond acceptors (Lipinski definition) is 4. The van der Waals surface area contributed by atoms with Gasteiger partial charge in [-0.25, -0.2) is 8.42 Å². The molecule has 1 saturated heterocycles. The highest BCUT2D eigenvalue weighted by molar-refractivity contribution is 7.89. The van der Waals surface area contributed by atoms with Crippen LogP contribution in [0.5, 0.6) is 0 Å². The second-order valence-corrected chi connectivity index (χ2v) is 6.89. The van der Waals surface area contributed by atoms with Gasteiger partial charge in [-0.3, -0.25) is 0 Å². The molecule has 1 aliphatic rings. The molecule has 2 rings (SSSR count). The molecule has 20 heavy (non-hydrogen) atoms. The van der Waals surface area contributed by atoms with Gasteiger partial charge in [0.1, 0.15) is 4.90 Å². The zero-order valence-corrected chi connectivity index (χ0v) is 13.0. The topological polar surface area (TPSA) is 58.6 Å². The minimum atomic E-state index is -3.51. The maximum absolute atomic E-state index is 12.9. The van der Waals surface area contributed by atoms with E-state index in [0.717, 1.165) is 6.42 Å². The summed E-state index contributed by atoms with van der Waals surface area (Å²) in [6, 6.07) is 6.90. The van der Waals surface area contributed by atoms with Crippen LogP contribution >= 0.6 is 0 Å². The van der Waals surface area contributed by atoms with E-state index in [1.165, 1.54) is 0 Å². The third-order valence-electron chi connectivity index (χ3n) is 3.63. The molecule has 0 bridgehead atoms. The van der Waals surface area contributed by atoms with Crippen molar-refractivity contribution in [1.82, 2.24) is 4.31 Å². The van der Waals surface area contributed by atoms with Gasteiger partial charge in [-0.2, -0.15) is 4.31 Å². The Hall–Kier alpha value is -1.11. The molecular weight excluding hydrogens is 276 g/mol. The second kappa shape index (κ2) is 6.11. The van der Waals surface area contributed by atoms with E-state index in [9.17, 15) is 8.42 Å². The van der Waals surface area contributed by atoms with Crippen molar-refractivity contribution in [2.24, 2.45) is 0 Å². The number of morpholine rings is 1. The van der Waals surface area contributed by atoms with Crippen LogP contribution in [0, 0.1) is 0 Å². The molecule has 112 valence electrons. The van der Waals surface area contributed by atoms with Crippen LogP contribution in [0.15, 0.2) is 29.2 Å². The molecule has 1 aromatic rings. The predicted octanol–water partition coefficient (Wildman–Crippen LogP) is 1.92. The van der Waals surface area contributed by atoms with Gasteiger partial charge in [0.2, 0.25) is 10.0 Å². The van der Waals surface area contributed by atoms with Gasteiger partial charge in [-0.15, -0.1) is 0 Å². The Morgan fingerprint density at radius 1 is 1.40 bits per heavy atom. The van der Waals surface area contributed by atoms with Gasteiger partial charge in [0.25, 0.3) is 0 Å². The van der Waals surface area contributed by atoms with Crippen LogP contribution in [0.2, 0.25) is 0 Å². The fourth-order valence-corrected chi connectivity index (χ4v) is 4.41.